The van der Waals surface area contributed by atoms with Crippen LogP contribution < -0.4 is 10.1 Å². The number of amides is 1. The molecule has 0 aromatic heterocycles. The molecule has 0 saturated heterocycles. The van der Waals surface area contributed by atoms with Gasteiger partial charge >= 0.3 is 0 Å². The summed E-state index contributed by atoms with van der Waals surface area (Å²) >= 11 is 0. The van der Waals surface area contributed by atoms with Gasteiger partial charge in [-0.05, 0) is 30.9 Å². The van der Waals surface area contributed by atoms with E-state index in [4.69, 9.17) is 4.74 Å². The predicted octanol–water partition coefficient (Wildman–Crippen LogP) is 1.93. The predicted molar refractivity (Wildman–Crippen MR) is 66.6 cm³/mol. The van der Waals surface area contributed by atoms with Crippen molar-refractivity contribution < 1.29 is 14.3 Å². The van der Waals surface area contributed by atoms with Crippen molar-refractivity contribution in [2.24, 2.45) is 5.92 Å². The van der Waals surface area contributed by atoms with Crippen LogP contribution in [0.15, 0.2) is 18.2 Å². The van der Waals surface area contributed by atoms with Crippen LogP contribution in [0, 0.1) is 5.92 Å². The lowest BCUT2D eigenvalue weighted by Gasteiger charge is -2.17. The monoisotopic (exact) mass is 245 g/mol. The number of carbonyl (C=O) groups excluding carboxylic acids is 2. The fraction of sp³-hybridized carbons (Fsp3) is 0.429. The Labute approximate surface area is 105 Å². The van der Waals surface area contributed by atoms with Gasteiger partial charge < -0.3 is 10.1 Å². The quantitative estimate of drug-likeness (QED) is 0.881. The van der Waals surface area contributed by atoms with Gasteiger partial charge in [-0.2, -0.15) is 0 Å². The molecule has 0 atom stereocenters. The molecule has 0 radical (unpaired) electrons. The largest absolute Gasteiger partial charge is 0.486 e. The molecule has 1 aliphatic heterocycles. The van der Waals surface area contributed by atoms with Gasteiger partial charge in [0.15, 0.2) is 5.78 Å². The van der Waals surface area contributed by atoms with Gasteiger partial charge in [-0.15, -0.1) is 0 Å². The first-order chi connectivity index (χ1) is 8.72. The Hall–Kier alpha value is -1.84. The molecule has 1 aliphatic carbocycles. The van der Waals surface area contributed by atoms with Gasteiger partial charge in [0.1, 0.15) is 12.4 Å². The molecule has 0 unspecified atom stereocenters. The van der Waals surface area contributed by atoms with Crippen LogP contribution in [0.2, 0.25) is 0 Å². The Morgan fingerprint density at radius 2 is 2.17 bits per heavy atom. The van der Waals surface area contributed by atoms with Crippen molar-refractivity contribution in [1.82, 2.24) is 0 Å². The summed E-state index contributed by atoms with van der Waals surface area (Å²) in [6.07, 6.45) is 3.31. The van der Waals surface area contributed by atoms with Crippen LogP contribution in [0.4, 0.5) is 5.69 Å². The Balaban J connectivity index is 1.67. The second-order valence-electron chi connectivity index (χ2n) is 4.90. The molecule has 1 saturated carbocycles. The summed E-state index contributed by atoms with van der Waals surface area (Å²) < 4.78 is 5.47. The van der Waals surface area contributed by atoms with E-state index in [1.165, 1.54) is 0 Å². The van der Waals surface area contributed by atoms with Crippen molar-refractivity contribution in [2.75, 3.05) is 11.9 Å². The van der Waals surface area contributed by atoms with Gasteiger partial charge in [0, 0.05) is 24.1 Å². The number of nitrogens with one attached hydrogen (secondary N) is 1. The molecule has 1 amide bonds. The Morgan fingerprint density at radius 1 is 1.33 bits per heavy atom. The average molecular weight is 245 g/mol. The third-order valence-corrected chi connectivity index (χ3v) is 3.39. The molecule has 1 fully saturated rings. The molecule has 94 valence electrons. The van der Waals surface area contributed by atoms with Crippen LogP contribution in [0.5, 0.6) is 5.75 Å². The number of rotatable bonds is 4. The third-order valence-electron chi connectivity index (χ3n) is 3.39. The summed E-state index contributed by atoms with van der Waals surface area (Å²) in [5.41, 5.74) is 1.93. The van der Waals surface area contributed by atoms with E-state index in [0.29, 0.717) is 12.2 Å². The van der Waals surface area contributed by atoms with E-state index in [1.807, 2.05) is 12.1 Å². The van der Waals surface area contributed by atoms with E-state index < -0.39 is 0 Å². The summed E-state index contributed by atoms with van der Waals surface area (Å²) in [4.78, 5) is 22.8. The van der Waals surface area contributed by atoms with Crippen molar-refractivity contribution in [2.45, 2.75) is 25.7 Å². The van der Waals surface area contributed by atoms with Crippen molar-refractivity contribution in [3.8, 4) is 5.75 Å². The first-order valence-corrected chi connectivity index (χ1v) is 6.30. The summed E-state index contributed by atoms with van der Waals surface area (Å²) in [7, 11) is 0. The van der Waals surface area contributed by atoms with E-state index in [9.17, 15) is 9.59 Å². The highest BCUT2D eigenvalue weighted by Gasteiger charge is 2.29. The molecular formula is C14H15NO3. The van der Waals surface area contributed by atoms with Crippen LogP contribution in [-0.2, 0) is 16.0 Å². The first-order valence-electron chi connectivity index (χ1n) is 6.30. The van der Waals surface area contributed by atoms with Crippen LogP contribution in [0.25, 0.3) is 0 Å². The maximum Gasteiger partial charge on any atom is 0.224 e. The molecule has 0 bridgehead atoms. The number of ether oxygens (including phenoxy) is 1. The van der Waals surface area contributed by atoms with Crippen LogP contribution in [0.3, 0.4) is 0 Å². The zero-order chi connectivity index (χ0) is 12.5. The number of fused-ring (bicyclic) bond motifs is 1. The normalized spacial score (nSPS) is 17.9. The fourth-order valence-electron chi connectivity index (χ4n) is 2.12. The second-order valence-corrected chi connectivity index (χ2v) is 4.90. The number of Topliss-reactive ketones (excluding diaryl/α,β-unsaturated/α-hetero) is 1. The number of hydrogen-bond acceptors (Lipinski definition) is 3. The zero-order valence-electron chi connectivity index (χ0n) is 10.1. The molecule has 1 aromatic carbocycles. The summed E-state index contributed by atoms with van der Waals surface area (Å²) in [5, 5.41) is 2.82. The maximum atomic E-state index is 11.5. The van der Waals surface area contributed by atoms with Crippen LogP contribution >= 0.6 is 0 Å². The minimum atomic E-state index is 0.0358. The minimum absolute atomic E-state index is 0.0358. The molecule has 4 nitrogen and oxygen atoms in total. The average Bonchev–Trinajstić information content (AvgIpc) is 3.19. The molecular weight excluding hydrogens is 230 g/mol. The molecule has 3 rings (SSSR count). The number of carbonyl (C=O) groups is 2. The zero-order valence-corrected chi connectivity index (χ0v) is 10.1. The second kappa shape index (κ2) is 4.44. The minimum Gasteiger partial charge on any atom is -0.486 e. The number of aryl methyl sites for hydroxylation is 1. The third kappa shape index (κ3) is 2.37. The Bertz CT molecular complexity index is 506. The van der Waals surface area contributed by atoms with E-state index >= 15 is 0 Å². The lowest BCUT2D eigenvalue weighted by atomic mass is 10.0. The van der Waals surface area contributed by atoms with Gasteiger partial charge in [0.05, 0.1) is 0 Å². The van der Waals surface area contributed by atoms with Crippen molar-refractivity contribution >= 4 is 17.4 Å². The Kier molecular flexibility index (Phi) is 2.78. The SMILES string of the molecule is O=C1CCc2ccc(OCC(=O)C3CC3)cc2N1. The smallest absolute Gasteiger partial charge is 0.224 e. The highest BCUT2D eigenvalue weighted by molar-refractivity contribution is 5.94. The highest BCUT2D eigenvalue weighted by atomic mass is 16.5. The van der Waals surface area contributed by atoms with Gasteiger partial charge in [-0.1, -0.05) is 6.07 Å². The molecule has 1 aromatic rings. The topological polar surface area (TPSA) is 55.4 Å². The first kappa shape index (κ1) is 11.3. The van der Waals surface area contributed by atoms with E-state index in [-0.39, 0.29) is 24.2 Å². The molecule has 18 heavy (non-hydrogen) atoms. The number of hydrogen-bond donors (Lipinski definition) is 1. The van der Waals surface area contributed by atoms with E-state index in [0.717, 1.165) is 30.5 Å². The number of ketones is 1. The summed E-state index contributed by atoms with van der Waals surface area (Å²) in [5.74, 6) is 1.08. The lowest BCUT2D eigenvalue weighted by Crippen LogP contribution is -2.19. The van der Waals surface area contributed by atoms with Crippen LogP contribution in [0.1, 0.15) is 24.8 Å². The summed E-state index contributed by atoms with van der Waals surface area (Å²) in [6, 6.07) is 5.61. The number of anilines is 1. The van der Waals surface area contributed by atoms with Crippen molar-refractivity contribution in [1.29, 1.82) is 0 Å². The standard InChI is InChI=1S/C14H15NO3/c16-13(10-1-2-10)8-18-11-5-3-9-4-6-14(17)15-12(9)7-11/h3,5,7,10H,1-2,4,6,8H2,(H,15,17). The Morgan fingerprint density at radius 3 is 2.94 bits per heavy atom. The molecule has 4 heteroatoms. The molecule has 1 heterocycles. The van der Waals surface area contributed by atoms with Gasteiger partial charge in [-0.25, -0.2) is 0 Å². The maximum absolute atomic E-state index is 11.5. The van der Waals surface area contributed by atoms with Crippen molar-refractivity contribution in [3.05, 3.63) is 23.8 Å². The summed E-state index contributed by atoms with van der Waals surface area (Å²) in [6.45, 7) is 0.136. The van der Waals surface area contributed by atoms with Crippen molar-refractivity contribution in [3.63, 3.8) is 0 Å². The van der Waals surface area contributed by atoms with Gasteiger partial charge in [0.2, 0.25) is 5.91 Å². The highest BCUT2D eigenvalue weighted by Crippen LogP contribution is 2.31. The van der Waals surface area contributed by atoms with E-state index in [1.54, 1.807) is 6.07 Å². The van der Waals surface area contributed by atoms with E-state index in [2.05, 4.69) is 5.32 Å². The van der Waals surface area contributed by atoms with Crippen LogP contribution in [-0.4, -0.2) is 18.3 Å². The van der Waals surface area contributed by atoms with Gasteiger partial charge in [0.25, 0.3) is 0 Å². The fourth-order valence-corrected chi connectivity index (χ4v) is 2.12. The molecule has 1 N–H and O–H groups in total. The van der Waals surface area contributed by atoms with Gasteiger partial charge in [-0.3, -0.25) is 9.59 Å². The molecule has 0 spiro atoms. The lowest BCUT2D eigenvalue weighted by molar-refractivity contribution is -0.122. The number of benzene rings is 1. The molecule has 2 aliphatic rings.